The third-order valence-electron chi connectivity index (χ3n) is 3.29. The van der Waals surface area contributed by atoms with E-state index in [2.05, 4.69) is 20.6 Å². The summed E-state index contributed by atoms with van der Waals surface area (Å²) in [6, 6.07) is -0.104. The van der Waals surface area contributed by atoms with Gasteiger partial charge >= 0.3 is 0 Å². The first kappa shape index (κ1) is 14.3. The van der Waals surface area contributed by atoms with Crippen LogP contribution >= 0.6 is 0 Å². The maximum absolute atomic E-state index is 12.2. The minimum absolute atomic E-state index is 0.104. The van der Waals surface area contributed by atoms with E-state index < -0.39 is 0 Å². The summed E-state index contributed by atoms with van der Waals surface area (Å²) in [7, 11) is 0. The van der Waals surface area contributed by atoms with Crippen molar-refractivity contribution in [3.8, 4) is 0 Å². The van der Waals surface area contributed by atoms with Crippen molar-refractivity contribution in [3.05, 3.63) is 35.4 Å². The maximum Gasteiger partial charge on any atom is 0.255 e. The van der Waals surface area contributed by atoms with Crippen molar-refractivity contribution in [2.45, 2.75) is 32.9 Å². The van der Waals surface area contributed by atoms with Crippen LogP contribution in [0.2, 0.25) is 0 Å². The second-order valence-corrected chi connectivity index (χ2v) is 4.74. The Hall–Kier alpha value is -2.15. The summed E-state index contributed by atoms with van der Waals surface area (Å²) in [5.41, 5.74) is 7.87. The van der Waals surface area contributed by atoms with Gasteiger partial charge in [0, 0.05) is 24.0 Å². The Morgan fingerprint density at radius 1 is 1.55 bits per heavy atom. The van der Waals surface area contributed by atoms with Gasteiger partial charge in [-0.1, -0.05) is 0 Å². The molecular formula is C13H20N6O. The largest absolute Gasteiger partial charge is 0.345 e. The lowest BCUT2D eigenvalue weighted by Gasteiger charge is -2.11. The van der Waals surface area contributed by atoms with E-state index in [-0.39, 0.29) is 11.9 Å². The summed E-state index contributed by atoms with van der Waals surface area (Å²) in [6.07, 6.45) is 5.91. The fraction of sp³-hybridized carbons (Fsp3) is 0.462. The third-order valence-corrected chi connectivity index (χ3v) is 3.29. The maximum atomic E-state index is 12.2. The Morgan fingerprint density at radius 3 is 3.00 bits per heavy atom. The molecule has 1 unspecified atom stereocenters. The van der Waals surface area contributed by atoms with Crippen LogP contribution < -0.4 is 11.1 Å². The first-order valence-corrected chi connectivity index (χ1v) is 6.65. The number of carbonyl (C=O) groups excluding carboxylic acids is 1. The van der Waals surface area contributed by atoms with Gasteiger partial charge in [-0.15, -0.1) is 0 Å². The lowest BCUT2D eigenvalue weighted by Crippen LogP contribution is -2.26. The second-order valence-electron chi connectivity index (χ2n) is 4.74. The normalized spacial score (nSPS) is 12.3. The van der Waals surface area contributed by atoms with E-state index in [0.29, 0.717) is 12.1 Å². The zero-order valence-corrected chi connectivity index (χ0v) is 11.8. The molecule has 0 bridgehead atoms. The van der Waals surface area contributed by atoms with E-state index >= 15 is 0 Å². The molecule has 2 heterocycles. The number of nitrogens with two attached hydrogens (primary N) is 1. The molecule has 0 spiro atoms. The van der Waals surface area contributed by atoms with Crippen LogP contribution in [0.3, 0.4) is 0 Å². The predicted octanol–water partition coefficient (Wildman–Crippen LogP) is 0.754. The van der Waals surface area contributed by atoms with Crippen LogP contribution in [0.4, 0.5) is 0 Å². The number of hydrogen-bond donors (Lipinski definition) is 3. The lowest BCUT2D eigenvalue weighted by atomic mass is 10.1. The molecule has 7 heteroatoms. The Morgan fingerprint density at radius 2 is 2.35 bits per heavy atom. The predicted molar refractivity (Wildman–Crippen MR) is 75.1 cm³/mol. The fourth-order valence-corrected chi connectivity index (χ4v) is 1.99. The van der Waals surface area contributed by atoms with Crippen molar-refractivity contribution in [1.82, 2.24) is 25.3 Å². The second kappa shape index (κ2) is 6.33. The van der Waals surface area contributed by atoms with E-state index in [1.807, 2.05) is 18.5 Å². The van der Waals surface area contributed by atoms with Crippen LogP contribution in [0.1, 0.15) is 41.0 Å². The van der Waals surface area contributed by atoms with E-state index in [1.165, 1.54) is 0 Å². The van der Waals surface area contributed by atoms with E-state index in [1.54, 1.807) is 18.6 Å². The average molecular weight is 276 g/mol. The molecule has 1 atom stereocenters. The van der Waals surface area contributed by atoms with E-state index in [0.717, 1.165) is 24.2 Å². The molecule has 2 rings (SSSR count). The molecule has 7 nitrogen and oxygen atoms in total. The number of amides is 1. The Kier molecular flexibility index (Phi) is 4.52. The van der Waals surface area contributed by atoms with Gasteiger partial charge in [-0.2, -0.15) is 10.2 Å². The highest BCUT2D eigenvalue weighted by atomic mass is 16.1. The Bertz CT molecular complexity index is 559. The quantitative estimate of drug-likeness (QED) is 0.724. The van der Waals surface area contributed by atoms with Crippen molar-refractivity contribution in [1.29, 1.82) is 0 Å². The fourth-order valence-electron chi connectivity index (χ4n) is 1.99. The van der Waals surface area contributed by atoms with Crippen molar-refractivity contribution in [3.63, 3.8) is 0 Å². The summed E-state index contributed by atoms with van der Waals surface area (Å²) >= 11 is 0. The highest BCUT2D eigenvalue weighted by Crippen LogP contribution is 2.13. The first-order chi connectivity index (χ1) is 9.63. The molecule has 4 N–H and O–H groups in total. The molecule has 1 amide bonds. The van der Waals surface area contributed by atoms with Gasteiger partial charge in [0.25, 0.3) is 5.91 Å². The van der Waals surface area contributed by atoms with Crippen LogP contribution in [0, 0.1) is 6.92 Å². The SMILES string of the molecule is Cc1c(C(=O)NC(C)c2cn[nH]c2)cnn1CCCN. The van der Waals surface area contributed by atoms with Gasteiger partial charge < -0.3 is 11.1 Å². The molecule has 0 aliphatic carbocycles. The van der Waals surface area contributed by atoms with Gasteiger partial charge in [-0.3, -0.25) is 14.6 Å². The van der Waals surface area contributed by atoms with Crippen LogP contribution in [-0.2, 0) is 6.54 Å². The number of nitrogens with zero attached hydrogens (tertiary/aromatic N) is 3. The smallest absolute Gasteiger partial charge is 0.255 e. The summed E-state index contributed by atoms with van der Waals surface area (Å²) in [6.45, 7) is 5.14. The van der Waals surface area contributed by atoms with Gasteiger partial charge in [-0.05, 0) is 26.8 Å². The van der Waals surface area contributed by atoms with E-state index in [4.69, 9.17) is 5.73 Å². The summed E-state index contributed by atoms with van der Waals surface area (Å²) in [5.74, 6) is -0.129. The molecule has 0 saturated heterocycles. The zero-order valence-electron chi connectivity index (χ0n) is 11.8. The zero-order chi connectivity index (χ0) is 14.5. The highest BCUT2D eigenvalue weighted by Gasteiger charge is 2.17. The van der Waals surface area contributed by atoms with Crippen molar-refractivity contribution in [2.24, 2.45) is 5.73 Å². The molecule has 2 aromatic heterocycles. The number of hydrogen-bond acceptors (Lipinski definition) is 4. The number of nitrogens with one attached hydrogen (secondary N) is 2. The van der Waals surface area contributed by atoms with Crippen molar-refractivity contribution >= 4 is 5.91 Å². The molecule has 2 aromatic rings. The highest BCUT2D eigenvalue weighted by molar-refractivity contribution is 5.95. The van der Waals surface area contributed by atoms with Crippen molar-refractivity contribution in [2.75, 3.05) is 6.54 Å². The molecule has 0 saturated carbocycles. The molecule has 0 aliphatic rings. The number of aromatic nitrogens is 4. The third kappa shape index (κ3) is 3.05. The van der Waals surface area contributed by atoms with Crippen molar-refractivity contribution < 1.29 is 4.79 Å². The van der Waals surface area contributed by atoms with Gasteiger partial charge in [0.1, 0.15) is 0 Å². The van der Waals surface area contributed by atoms with Crippen LogP contribution in [0.25, 0.3) is 0 Å². The monoisotopic (exact) mass is 276 g/mol. The molecule has 0 aromatic carbocycles. The first-order valence-electron chi connectivity index (χ1n) is 6.65. The van der Waals surface area contributed by atoms with Gasteiger partial charge in [0.05, 0.1) is 24.0 Å². The standard InChI is InChI=1S/C13H20N6O/c1-9(11-6-15-16-7-11)18-13(20)12-8-17-19(10(12)2)5-3-4-14/h6-9H,3-5,14H2,1-2H3,(H,15,16)(H,18,20). The Balaban J connectivity index is 2.04. The van der Waals surface area contributed by atoms with Crippen LogP contribution in [0.15, 0.2) is 18.6 Å². The van der Waals surface area contributed by atoms with Crippen LogP contribution in [0.5, 0.6) is 0 Å². The molecule has 0 radical (unpaired) electrons. The van der Waals surface area contributed by atoms with E-state index in [9.17, 15) is 4.79 Å². The molecular weight excluding hydrogens is 256 g/mol. The number of aryl methyl sites for hydroxylation is 1. The van der Waals surface area contributed by atoms with Gasteiger partial charge in [0.15, 0.2) is 0 Å². The molecule has 0 aliphatic heterocycles. The number of aromatic amines is 1. The summed E-state index contributed by atoms with van der Waals surface area (Å²) < 4.78 is 1.81. The minimum atomic E-state index is -0.129. The number of H-pyrrole nitrogens is 1. The molecule has 108 valence electrons. The number of carbonyl (C=O) groups is 1. The Labute approximate surface area is 117 Å². The summed E-state index contributed by atoms with van der Waals surface area (Å²) in [5, 5.41) is 13.8. The van der Waals surface area contributed by atoms with Crippen LogP contribution in [-0.4, -0.2) is 32.4 Å². The average Bonchev–Trinajstić information content (AvgIpc) is 3.06. The van der Waals surface area contributed by atoms with Gasteiger partial charge in [0.2, 0.25) is 0 Å². The topological polar surface area (TPSA) is 102 Å². The van der Waals surface area contributed by atoms with Gasteiger partial charge in [-0.25, -0.2) is 0 Å². The number of rotatable bonds is 6. The molecule has 20 heavy (non-hydrogen) atoms. The summed E-state index contributed by atoms with van der Waals surface area (Å²) in [4.78, 5) is 12.2. The molecule has 0 fully saturated rings. The lowest BCUT2D eigenvalue weighted by molar-refractivity contribution is 0.0939. The minimum Gasteiger partial charge on any atom is -0.345 e.